The molecule has 0 spiro atoms. The van der Waals surface area contributed by atoms with E-state index in [0.717, 1.165) is 23.8 Å². The third kappa shape index (κ3) is 3.57. The number of nitrogens with zero attached hydrogens (tertiary/aromatic N) is 2. The number of carbonyl (C=O) groups is 1. The van der Waals surface area contributed by atoms with Crippen molar-refractivity contribution < 1.29 is 13.6 Å². The van der Waals surface area contributed by atoms with E-state index in [1.54, 1.807) is 0 Å². The Balaban J connectivity index is 1.69. The van der Waals surface area contributed by atoms with Crippen LogP contribution in [0.1, 0.15) is 5.82 Å². The third-order valence-corrected chi connectivity index (χ3v) is 3.09. The number of hydrogen-bond donors (Lipinski definition) is 2. The maximum atomic E-state index is 13.5. The fourth-order valence-corrected chi connectivity index (χ4v) is 2.03. The summed E-state index contributed by atoms with van der Waals surface area (Å²) < 4.78 is 26.5. The molecule has 0 saturated heterocycles. The summed E-state index contributed by atoms with van der Waals surface area (Å²) in [5, 5.41) is 8.99. The Morgan fingerprint density at radius 2 is 1.91 bits per heavy atom. The molecule has 1 heterocycles. The highest BCUT2D eigenvalue weighted by Crippen LogP contribution is 2.16. The van der Waals surface area contributed by atoms with Crippen molar-refractivity contribution in [2.75, 3.05) is 5.32 Å². The molecule has 2 N–H and O–H groups in total. The van der Waals surface area contributed by atoms with E-state index in [4.69, 9.17) is 0 Å². The second kappa shape index (κ2) is 6.35. The zero-order valence-electron chi connectivity index (χ0n) is 11.9. The van der Waals surface area contributed by atoms with Gasteiger partial charge in [0.1, 0.15) is 17.5 Å². The van der Waals surface area contributed by atoms with Gasteiger partial charge >= 0.3 is 0 Å². The second-order valence-corrected chi connectivity index (χ2v) is 4.82. The van der Waals surface area contributed by atoms with Gasteiger partial charge in [0.2, 0.25) is 5.91 Å². The van der Waals surface area contributed by atoms with Crippen molar-refractivity contribution >= 4 is 11.6 Å². The molecular weight excluding hydrogens is 302 g/mol. The van der Waals surface area contributed by atoms with Gasteiger partial charge in [0.25, 0.3) is 0 Å². The standard InChI is InChI=1S/C16H12F2N4O/c17-11-6-7-12(18)13(8-11)19-15(23)9-14-20-16(22-21-14)10-4-2-1-3-5-10/h1-8H,9H2,(H,19,23)(H,20,21,22). The van der Waals surface area contributed by atoms with Crippen molar-refractivity contribution in [2.24, 2.45) is 0 Å². The number of aromatic amines is 1. The van der Waals surface area contributed by atoms with Gasteiger partial charge in [-0.3, -0.25) is 9.89 Å². The summed E-state index contributed by atoms with van der Waals surface area (Å²) in [5.41, 5.74) is 0.601. The quantitative estimate of drug-likeness (QED) is 0.778. The van der Waals surface area contributed by atoms with Gasteiger partial charge in [-0.05, 0) is 12.1 Å². The number of H-pyrrole nitrogens is 1. The number of aromatic nitrogens is 3. The van der Waals surface area contributed by atoms with E-state index < -0.39 is 17.5 Å². The summed E-state index contributed by atoms with van der Waals surface area (Å²) in [4.78, 5) is 16.1. The van der Waals surface area contributed by atoms with Gasteiger partial charge in [-0.1, -0.05) is 30.3 Å². The van der Waals surface area contributed by atoms with Gasteiger partial charge in [0, 0.05) is 11.6 Å². The Kier molecular flexibility index (Phi) is 4.09. The van der Waals surface area contributed by atoms with Crippen LogP contribution in [0.2, 0.25) is 0 Å². The summed E-state index contributed by atoms with van der Waals surface area (Å²) in [6, 6.07) is 12.1. The molecule has 1 aromatic heterocycles. The number of rotatable bonds is 4. The van der Waals surface area contributed by atoms with Crippen LogP contribution in [0.3, 0.4) is 0 Å². The smallest absolute Gasteiger partial charge is 0.232 e. The second-order valence-electron chi connectivity index (χ2n) is 4.82. The lowest BCUT2D eigenvalue weighted by Crippen LogP contribution is -2.16. The minimum Gasteiger partial charge on any atom is -0.323 e. The van der Waals surface area contributed by atoms with Crippen LogP contribution in [0.25, 0.3) is 11.4 Å². The molecular formula is C16H12F2N4O. The summed E-state index contributed by atoms with van der Waals surface area (Å²) in [6.45, 7) is 0. The fourth-order valence-electron chi connectivity index (χ4n) is 2.03. The van der Waals surface area contributed by atoms with Crippen LogP contribution in [0.5, 0.6) is 0 Å². The topological polar surface area (TPSA) is 70.7 Å². The molecule has 0 bridgehead atoms. The molecule has 0 aliphatic carbocycles. The van der Waals surface area contributed by atoms with Crippen LogP contribution in [0.15, 0.2) is 48.5 Å². The first kappa shape index (κ1) is 14.8. The minimum absolute atomic E-state index is 0.129. The van der Waals surface area contributed by atoms with Crippen LogP contribution in [-0.2, 0) is 11.2 Å². The minimum atomic E-state index is -0.706. The highest BCUT2D eigenvalue weighted by atomic mass is 19.1. The molecule has 0 fully saturated rings. The van der Waals surface area contributed by atoms with E-state index in [9.17, 15) is 13.6 Å². The van der Waals surface area contributed by atoms with Crippen molar-refractivity contribution in [1.29, 1.82) is 0 Å². The van der Waals surface area contributed by atoms with E-state index in [1.807, 2.05) is 30.3 Å². The number of benzene rings is 2. The first-order valence-electron chi connectivity index (χ1n) is 6.83. The first-order chi connectivity index (χ1) is 11.1. The molecule has 0 atom stereocenters. The molecule has 116 valence electrons. The summed E-state index contributed by atoms with van der Waals surface area (Å²) in [5.74, 6) is -1.07. The Morgan fingerprint density at radius 1 is 1.13 bits per heavy atom. The van der Waals surface area contributed by atoms with Gasteiger partial charge < -0.3 is 5.32 Å². The molecule has 0 aliphatic heterocycles. The lowest BCUT2D eigenvalue weighted by atomic mass is 10.2. The number of amides is 1. The van der Waals surface area contributed by atoms with Gasteiger partial charge in [0.05, 0.1) is 12.1 Å². The predicted octanol–water partition coefficient (Wildman–Crippen LogP) is 2.93. The number of nitrogens with one attached hydrogen (secondary N) is 2. The normalized spacial score (nSPS) is 10.5. The Labute approximate surface area is 130 Å². The van der Waals surface area contributed by atoms with Crippen molar-refractivity contribution in [2.45, 2.75) is 6.42 Å². The highest BCUT2D eigenvalue weighted by Gasteiger charge is 2.12. The number of halogens is 2. The number of anilines is 1. The molecule has 2 aromatic carbocycles. The van der Waals surface area contributed by atoms with Gasteiger partial charge in [-0.15, -0.1) is 0 Å². The lowest BCUT2D eigenvalue weighted by molar-refractivity contribution is -0.115. The largest absolute Gasteiger partial charge is 0.323 e. The molecule has 23 heavy (non-hydrogen) atoms. The number of carbonyl (C=O) groups excluding carboxylic acids is 1. The third-order valence-electron chi connectivity index (χ3n) is 3.09. The molecule has 5 nitrogen and oxygen atoms in total. The maximum Gasteiger partial charge on any atom is 0.232 e. The summed E-state index contributed by atoms with van der Waals surface area (Å²) in [6.07, 6.45) is -0.129. The Morgan fingerprint density at radius 3 is 2.70 bits per heavy atom. The Hall–Kier alpha value is -3.09. The Bertz CT molecular complexity index is 833. The maximum absolute atomic E-state index is 13.5. The van der Waals surface area contributed by atoms with E-state index in [1.165, 1.54) is 0 Å². The average Bonchev–Trinajstić information content (AvgIpc) is 3.00. The van der Waals surface area contributed by atoms with Crippen molar-refractivity contribution in [3.63, 3.8) is 0 Å². The first-order valence-corrected chi connectivity index (χ1v) is 6.83. The van der Waals surface area contributed by atoms with Crippen molar-refractivity contribution in [1.82, 2.24) is 15.2 Å². The monoisotopic (exact) mass is 314 g/mol. The van der Waals surface area contributed by atoms with Crippen molar-refractivity contribution in [3.8, 4) is 11.4 Å². The van der Waals surface area contributed by atoms with Gasteiger partial charge in [-0.25, -0.2) is 13.8 Å². The van der Waals surface area contributed by atoms with Crippen LogP contribution in [0, 0.1) is 11.6 Å². The molecule has 0 saturated carbocycles. The lowest BCUT2D eigenvalue weighted by Gasteiger charge is -2.05. The average molecular weight is 314 g/mol. The molecule has 3 rings (SSSR count). The zero-order valence-corrected chi connectivity index (χ0v) is 11.9. The van der Waals surface area contributed by atoms with Crippen LogP contribution < -0.4 is 5.32 Å². The van der Waals surface area contributed by atoms with Crippen LogP contribution >= 0.6 is 0 Å². The molecule has 3 aromatic rings. The predicted molar refractivity (Wildman–Crippen MR) is 80.5 cm³/mol. The molecule has 1 amide bonds. The molecule has 0 aliphatic rings. The fraction of sp³-hybridized carbons (Fsp3) is 0.0625. The van der Waals surface area contributed by atoms with E-state index >= 15 is 0 Å². The SMILES string of the molecule is O=C(Cc1nc(-c2ccccc2)n[nH]1)Nc1cc(F)ccc1F. The molecule has 0 radical (unpaired) electrons. The van der Waals surface area contributed by atoms with E-state index in [0.29, 0.717) is 11.6 Å². The molecule has 0 unspecified atom stereocenters. The van der Waals surface area contributed by atoms with E-state index in [-0.39, 0.29) is 12.1 Å². The highest BCUT2D eigenvalue weighted by molar-refractivity contribution is 5.91. The van der Waals surface area contributed by atoms with Crippen LogP contribution in [-0.4, -0.2) is 21.1 Å². The zero-order chi connectivity index (χ0) is 16.2. The van der Waals surface area contributed by atoms with Crippen LogP contribution in [0.4, 0.5) is 14.5 Å². The number of hydrogen-bond acceptors (Lipinski definition) is 3. The van der Waals surface area contributed by atoms with E-state index in [2.05, 4.69) is 20.5 Å². The van der Waals surface area contributed by atoms with Gasteiger partial charge in [-0.2, -0.15) is 5.10 Å². The molecule has 7 heteroatoms. The van der Waals surface area contributed by atoms with Crippen molar-refractivity contribution in [3.05, 3.63) is 66.0 Å². The summed E-state index contributed by atoms with van der Waals surface area (Å²) in [7, 11) is 0. The van der Waals surface area contributed by atoms with Gasteiger partial charge in [0.15, 0.2) is 5.82 Å². The summed E-state index contributed by atoms with van der Waals surface area (Å²) >= 11 is 0.